The van der Waals surface area contributed by atoms with E-state index in [-0.39, 0.29) is 11.3 Å². The first-order valence-electron chi connectivity index (χ1n) is 9.34. The fraction of sp³-hybridized carbons (Fsp3) is 0.0833. The molecule has 150 valence electrons. The van der Waals surface area contributed by atoms with Crippen molar-refractivity contribution in [2.24, 2.45) is 0 Å². The second-order valence-corrected chi connectivity index (χ2v) is 7.56. The third-order valence-electron chi connectivity index (χ3n) is 4.90. The van der Waals surface area contributed by atoms with E-state index in [1.54, 1.807) is 36.4 Å². The molecule has 0 unspecified atom stereocenters. The van der Waals surface area contributed by atoms with E-state index < -0.39 is 17.6 Å². The topological polar surface area (TPSA) is 49.4 Å². The van der Waals surface area contributed by atoms with Gasteiger partial charge in [-0.15, -0.1) is 0 Å². The molecule has 3 aromatic carbocycles. The Morgan fingerprint density at radius 3 is 2.30 bits per heavy atom. The minimum atomic E-state index is -0.499. The van der Waals surface area contributed by atoms with Crippen LogP contribution >= 0.6 is 11.6 Å². The maximum atomic E-state index is 13.7. The minimum Gasteiger partial charge on any atom is -0.350 e. The van der Waals surface area contributed by atoms with Gasteiger partial charge in [0.05, 0.1) is 11.3 Å². The Labute approximate surface area is 178 Å². The maximum Gasteiger partial charge on any atom is 0.282 e. The lowest BCUT2D eigenvalue weighted by molar-refractivity contribution is -0.120. The Hall–Kier alpha value is -3.44. The molecule has 0 saturated carbocycles. The van der Waals surface area contributed by atoms with Crippen molar-refractivity contribution in [1.82, 2.24) is 0 Å². The lowest BCUT2D eigenvalue weighted by atomic mass is 10.0. The molecule has 0 radical (unpaired) electrons. The number of benzene rings is 3. The molecule has 30 heavy (non-hydrogen) atoms. The fourth-order valence-corrected chi connectivity index (χ4v) is 3.64. The van der Waals surface area contributed by atoms with Crippen molar-refractivity contribution in [1.29, 1.82) is 0 Å². The zero-order valence-electron chi connectivity index (χ0n) is 16.4. The largest absolute Gasteiger partial charge is 0.350 e. The van der Waals surface area contributed by atoms with E-state index >= 15 is 0 Å². The third kappa shape index (κ3) is 3.60. The van der Waals surface area contributed by atoms with Gasteiger partial charge in [-0.1, -0.05) is 47.5 Å². The smallest absolute Gasteiger partial charge is 0.282 e. The first-order chi connectivity index (χ1) is 14.3. The molecule has 0 fully saturated rings. The van der Waals surface area contributed by atoms with Crippen molar-refractivity contribution >= 4 is 40.4 Å². The first-order valence-corrected chi connectivity index (χ1v) is 9.72. The standard InChI is InChI=1S/C24H18ClFN2O2/c1-14-6-11-20(15(2)12-14)28-23(29)21(16-7-9-17(25)10-8-16)22(24(28)30)27-19-5-3-4-18(26)13-19/h3-13,27H,1-2H3. The lowest BCUT2D eigenvalue weighted by Crippen LogP contribution is -2.33. The number of anilines is 2. The molecule has 0 saturated heterocycles. The van der Waals surface area contributed by atoms with Crippen molar-refractivity contribution in [3.05, 3.63) is 100.0 Å². The summed E-state index contributed by atoms with van der Waals surface area (Å²) >= 11 is 5.99. The SMILES string of the molecule is Cc1ccc(N2C(=O)C(Nc3cccc(F)c3)=C(c3ccc(Cl)cc3)C2=O)c(C)c1. The second-order valence-electron chi connectivity index (χ2n) is 7.13. The van der Waals surface area contributed by atoms with Crippen molar-refractivity contribution < 1.29 is 14.0 Å². The van der Waals surface area contributed by atoms with Crippen LogP contribution < -0.4 is 10.2 Å². The fourth-order valence-electron chi connectivity index (χ4n) is 3.52. The molecule has 1 aliphatic heterocycles. The molecule has 0 atom stereocenters. The van der Waals surface area contributed by atoms with Crippen LogP contribution in [0.3, 0.4) is 0 Å². The van der Waals surface area contributed by atoms with Gasteiger partial charge in [-0.2, -0.15) is 0 Å². The quantitative estimate of drug-likeness (QED) is 0.567. The number of amides is 2. The minimum absolute atomic E-state index is 0.0906. The molecule has 0 bridgehead atoms. The summed E-state index contributed by atoms with van der Waals surface area (Å²) in [5.74, 6) is -1.40. The van der Waals surface area contributed by atoms with Crippen molar-refractivity contribution in [3.63, 3.8) is 0 Å². The molecule has 4 rings (SSSR count). The van der Waals surface area contributed by atoms with Crippen LogP contribution in [0, 0.1) is 19.7 Å². The predicted molar refractivity (Wildman–Crippen MR) is 117 cm³/mol. The average molecular weight is 421 g/mol. The number of aryl methyl sites for hydroxylation is 2. The number of carbonyl (C=O) groups excluding carboxylic acids is 2. The Morgan fingerprint density at radius 1 is 0.900 bits per heavy atom. The molecule has 1 aliphatic rings. The number of carbonyl (C=O) groups is 2. The van der Waals surface area contributed by atoms with E-state index in [1.807, 2.05) is 26.0 Å². The summed E-state index contributed by atoms with van der Waals surface area (Å²) in [6.45, 7) is 3.79. The Bertz CT molecular complexity index is 1200. The first kappa shape index (κ1) is 19.9. The van der Waals surface area contributed by atoms with Gasteiger partial charge in [-0.05, 0) is 61.4 Å². The van der Waals surface area contributed by atoms with Crippen LogP contribution in [0.2, 0.25) is 5.02 Å². The molecule has 0 aromatic heterocycles. The molecular weight excluding hydrogens is 403 g/mol. The van der Waals surface area contributed by atoms with E-state index in [4.69, 9.17) is 11.6 Å². The number of hydrogen-bond acceptors (Lipinski definition) is 3. The highest BCUT2D eigenvalue weighted by Crippen LogP contribution is 2.35. The van der Waals surface area contributed by atoms with Crippen LogP contribution in [0.15, 0.2) is 72.4 Å². The third-order valence-corrected chi connectivity index (χ3v) is 5.16. The Kier molecular flexibility index (Phi) is 5.14. The molecule has 1 heterocycles. The van der Waals surface area contributed by atoms with Gasteiger partial charge in [0.1, 0.15) is 11.5 Å². The summed E-state index contributed by atoms with van der Waals surface area (Å²) in [5, 5.41) is 3.47. The summed E-state index contributed by atoms with van der Waals surface area (Å²) in [6, 6.07) is 17.9. The zero-order valence-corrected chi connectivity index (χ0v) is 17.1. The Balaban J connectivity index is 1.84. The summed E-state index contributed by atoms with van der Waals surface area (Å²) in [5.41, 5.74) is 3.56. The maximum absolute atomic E-state index is 13.7. The van der Waals surface area contributed by atoms with Crippen LogP contribution in [0.4, 0.5) is 15.8 Å². The van der Waals surface area contributed by atoms with Crippen LogP contribution in [-0.2, 0) is 9.59 Å². The molecule has 1 N–H and O–H groups in total. The van der Waals surface area contributed by atoms with Crippen LogP contribution in [0.5, 0.6) is 0 Å². The highest BCUT2D eigenvalue weighted by Gasteiger charge is 2.40. The van der Waals surface area contributed by atoms with Crippen molar-refractivity contribution in [2.75, 3.05) is 10.2 Å². The summed E-state index contributed by atoms with van der Waals surface area (Å²) in [4.78, 5) is 27.9. The van der Waals surface area contributed by atoms with Crippen molar-refractivity contribution in [3.8, 4) is 0 Å². The predicted octanol–water partition coefficient (Wildman–Crippen LogP) is 5.49. The van der Waals surface area contributed by atoms with Gasteiger partial charge >= 0.3 is 0 Å². The van der Waals surface area contributed by atoms with E-state index in [0.29, 0.717) is 22.0 Å². The van der Waals surface area contributed by atoms with Gasteiger partial charge in [0.15, 0.2) is 0 Å². The highest BCUT2D eigenvalue weighted by molar-refractivity contribution is 6.46. The molecule has 0 spiro atoms. The number of halogens is 2. The number of imide groups is 1. The van der Waals surface area contributed by atoms with Gasteiger partial charge in [-0.3, -0.25) is 9.59 Å². The van der Waals surface area contributed by atoms with E-state index in [0.717, 1.165) is 16.0 Å². The highest BCUT2D eigenvalue weighted by atomic mass is 35.5. The van der Waals surface area contributed by atoms with Crippen LogP contribution in [0.25, 0.3) is 5.57 Å². The average Bonchev–Trinajstić information content (AvgIpc) is 2.93. The number of rotatable bonds is 4. The van der Waals surface area contributed by atoms with Gasteiger partial charge in [0.25, 0.3) is 11.8 Å². The molecular formula is C24H18ClFN2O2. The van der Waals surface area contributed by atoms with Gasteiger partial charge in [-0.25, -0.2) is 9.29 Å². The normalized spacial score (nSPS) is 13.9. The molecule has 0 aliphatic carbocycles. The molecule has 2 amide bonds. The van der Waals surface area contributed by atoms with Crippen LogP contribution in [-0.4, -0.2) is 11.8 Å². The van der Waals surface area contributed by atoms with E-state index in [1.165, 1.54) is 18.2 Å². The Morgan fingerprint density at radius 2 is 1.63 bits per heavy atom. The summed E-state index contributed by atoms with van der Waals surface area (Å²) < 4.78 is 13.7. The van der Waals surface area contributed by atoms with Gasteiger partial charge < -0.3 is 5.32 Å². The number of hydrogen-bond donors (Lipinski definition) is 1. The summed E-state index contributed by atoms with van der Waals surface area (Å²) in [6.07, 6.45) is 0. The second kappa shape index (κ2) is 7.76. The molecule has 3 aromatic rings. The number of nitrogens with one attached hydrogen (secondary N) is 1. The zero-order chi connectivity index (χ0) is 21.4. The van der Waals surface area contributed by atoms with Gasteiger partial charge in [0.2, 0.25) is 0 Å². The van der Waals surface area contributed by atoms with Crippen molar-refractivity contribution in [2.45, 2.75) is 13.8 Å². The lowest BCUT2D eigenvalue weighted by Gasteiger charge is -2.18. The molecule has 4 nitrogen and oxygen atoms in total. The number of nitrogens with zero attached hydrogens (tertiary/aromatic N) is 1. The van der Waals surface area contributed by atoms with E-state index in [2.05, 4.69) is 5.32 Å². The van der Waals surface area contributed by atoms with Gasteiger partial charge in [0, 0.05) is 10.7 Å². The molecule has 6 heteroatoms. The van der Waals surface area contributed by atoms with Crippen LogP contribution in [0.1, 0.15) is 16.7 Å². The summed E-state index contributed by atoms with van der Waals surface area (Å²) in [7, 11) is 0. The van der Waals surface area contributed by atoms with E-state index in [9.17, 15) is 14.0 Å². The monoisotopic (exact) mass is 420 g/mol.